The van der Waals surface area contributed by atoms with Crippen LogP contribution >= 0.6 is 0 Å². The molecule has 4 rings (SSSR count). The van der Waals surface area contributed by atoms with Gasteiger partial charge in [-0.05, 0) is 48.2 Å². The first-order valence-corrected chi connectivity index (χ1v) is 12.3. The first-order valence-electron chi connectivity index (χ1n) is 10.4. The molecule has 5 N–H and O–H groups in total. The zero-order chi connectivity index (χ0) is 22.7. The number of nitrogen functional groups attached to an aromatic ring is 2. The van der Waals surface area contributed by atoms with Crippen LogP contribution in [0, 0.1) is 0 Å². The van der Waals surface area contributed by atoms with E-state index >= 15 is 0 Å². The van der Waals surface area contributed by atoms with Gasteiger partial charge in [-0.1, -0.05) is 24.3 Å². The van der Waals surface area contributed by atoms with Crippen LogP contribution < -0.4 is 16.8 Å². The van der Waals surface area contributed by atoms with Gasteiger partial charge in [-0.25, -0.2) is 13.4 Å². The van der Waals surface area contributed by atoms with Crippen molar-refractivity contribution in [3.8, 4) is 11.1 Å². The van der Waals surface area contributed by atoms with Crippen LogP contribution in [0.1, 0.15) is 30.0 Å². The molecule has 3 aromatic rings. The Hall–Kier alpha value is -3.17. The first-order chi connectivity index (χ1) is 15.3. The van der Waals surface area contributed by atoms with Crippen LogP contribution in [0.15, 0.2) is 53.4 Å². The number of rotatable bonds is 6. The second-order valence-electron chi connectivity index (χ2n) is 7.96. The van der Waals surface area contributed by atoms with E-state index in [1.807, 2.05) is 36.4 Å². The summed E-state index contributed by atoms with van der Waals surface area (Å²) >= 11 is 0. The molecule has 0 spiro atoms. The van der Waals surface area contributed by atoms with Crippen molar-refractivity contribution in [2.45, 2.75) is 30.2 Å². The van der Waals surface area contributed by atoms with Gasteiger partial charge in [0.15, 0.2) is 9.84 Å². The third-order valence-electron chi connectivity index (χ3n) is 5.61. The van der Waals surface area contributed by atoms with Gasteiger partial charge in [0.2, 0.25) is 5.95 Å². The topological polar surface area (TPSA) is 133 Å². The lowest BCUT2D eigenvalue weighted by Crippen LogP contribution is -2.18. The maximum atomic E-state index is 11.6. The molecule has 0 radical (unpaired) electrons. The van der Waals surface area contributed by atoms with E-state index in [1.165, 1.54) is 6.26 Å². The van der Waals surface area contributed by atoms with Crippen LogP contribution in [0.5, 0.6) is 0 Å². The Bertz CT molecular complexity index is 1190. The first kappa shape index (κ1) is 22.0. The largest absolute Gasteiger partial charge is 0.383 e. The average Bonchev–Trinajstić information content (AvgIpc) is 2.78. The van der Waals surface area contributed by atoms with Gasteiger partial charge in [0.05, 0.1) is 10.6 Å². The second-order valence-corrected chi connectivity index (χ2v) is 9.98. The molecule has 0 atom stereocenters. The zero-order valence-corrected chi connectivity index (χ0v) is 18.7. The van der Waals surface area contributed by atoms with Gasteiger partial charge in [0.25, 0.3) is 0 Å². The quantitative estimate of drug-likeness (QED) is 0.518. The standard InChI is InChI=1S/C23H27N5O3S/c1-32(29,30)19-8-2-15(3-9-19)14-26-18-6-4-16(5-7-18)20-21(17-10-12-31-13-11-17)27-23(25)28-22(20)24/h2-9,17,26H,10-14H2,1H3,(H4,24,25,27,28). The smallest absolute Gasteiger partial charge is 0.222 e. The monoisotopic (exact) mass is 453 g/mol. The molecule has 168 valence electrons. The highest BCUT2D eigenvalue weighted by molar-refractivity contribution is 7.90. The molecule has 0 bridgehead atoms. The van der Waals surface area contributed by atoms with Gasteiger partial charge in [0, 0.05) is 43.2 Å². The van der Waals surface area contributed by atoms with Crippen molar-refractivity contribution in [3.63, 3.8) is 0 Å². The Labute approximate surface area is 188 Å². The third-order valence-corrected chi connectivity index (χ3v) is 6.74. The molecule has 32 heavy (non-hydrogen) atoms. The van der Waals surface area contributed by atoms with Crippen molar-refractivity contribution in [2.24, 2.45) is 0 Å². The molecule has 2 aromatic carbocycles. The Morgan fingerprint density at radius 2 is 1.66 bits per heavy atom. The lowest BCUT2D eigenvalue weighted by atomic mass is 9.90. The van der Waals surface area contributed by atoms with Gasteiger partial charge in [-0.2, -0.15) is 4.98 Å². The number of benzene rings is 2. The van der Waals surface area contributed by atoms with Gasteiger partial charge in [-0.3, -0.25) is 0 Å². The molecule has 8 nitrogen and oxygen atoms in total. The van der Waals surface area contributed by atoms with Crippen molar-refractivity contribution in [1.82, 2.24) is 9.97 Å². The summed E-state index contributed by atoms with van der Waals surface area (Å²) in [6, 6.07) is 14.8. The van der Waals surface area contributed by atoms with E-state index in [1.54, 1.807) is 12.1 Å². The minimum Gasteiger partial charge on any atom is -0.383 e. The van der Waals surface area contributed by atoms with E-state index < -0.39 is 9.84 Å². The number of hydrogen-bond donors (Lipinski definition) is 3. The van der Waals surface area contributed by atoms with E-state index in [2.05, 4.69) is 15.3 Å². The van der Waals surface area contributed by atoms with E-state index in [4.69, 9.17) is 16.2 Å². The van der Waals surface area contributed by atoms with Crippen LogP contribution in [0.2, 0.25) is 0 Å². The zero-order valence-electron chi connectivity index (χ0n) is 17.9. The molecular formula is C23H27N5O3S. The third kappa shape index (κ3) is 5.00. The number of sulfone groups is 1. The molecule has 9 heteroatoms. The minimum absolute atomic E-state index is 0.188. The Kier molecular flexibility index (Phi) is 6.29. The fraction of sp³-hybridized carbons (Fsp3) is 0.304. The minimum atomic E-state index is -3.19. The molecule has 1 aliphatic rings. The highest BCUT2D eigenvalue weighted by Crippen LogP contribution is 2.37. The number of anilines is 3. The van der Waals surface area contributed by atoms with E-state index in [0.717, 1.165) is 40.9 Å². The number of ether oxygens (including phenoxy) is 1. The predicted octanol–water partition coefficient (Wildman–Crippen LogP) is 3.22. The molecule has 1 saturated heterocycles. The van der Waals surface area contributed by atoms with Crippen LogP contribution in [-0.2, 0) is 21.1 Å². The summed E-state index contributed by atoms with van der Waals surface area (Å²) in [6.45, 7) is 1.97. The second kappa shape index (κ2) is 9.13. The Morgan fingerprint density at radius 1 is 1.00 bits per heavy atom. The number of nitrogens with zero attached hydrogens (tertiary/aromatic N) is 2. The molecule has 1 fully saturated rings. The molecule has 0 aliphatic carbocycles. The molecule has 0 amide bonds. The summed E-state index contributed by atoms with van der Waals surface area (Å²) in [4.78, 5) is 9.03. The van der Waals surface area contributed by atoms with Gasteiger partial charge in [-0.15, -0.1) is 0 Å². The maximum absolute atomic E-state index is 11.6. The van der Waals surface area contributed by atoms with Crippen molar-refractivity contribution in [1.29, 1.82) is 0 Å². The number of nitrogens with two attached hydrogens (primary N) is 2. The number of nitrogens with one attached hydrogen (secondary N) is 1. The molecule has 2 heterocycles. The molecular weight excluding hydrogens is 426 g/mol. The highest BCUT2D eigenvalue weighted by Gasteiger charge is 2.24. The van der Waals surface area contributed by atoms with Gasteiger partial charge in [0.1, 0.15) is 5.82 Å². The summed E-state index contributed by atoms with van der Waals surface area (Å²) in [5.74, 6) is 0.803. The van der Waals surface area contributed by atoms with Crippen LogP contribution in [-0.4, -0.2) is 37.9 Å². The Morgan fingerprint density at radius 3 is 2.28 bits per heavy atom. The van der Waals surface area contributed by atoms with Crippen LogP contribution in [0.4, 0.5) is 17.5 Å². The van der Waals surface area contributed by atoms with E-state index in [9.17, 15) is 8.42 Å². The lowest BCUT2D eigenvalue weighted by molar-refractivity contribution is 0.0846. The predicted molar refractivity (Wildman–Crippen MR) is 126 cm³/mol. The Balaban J connectivity index is 1.51. The van der Waals surface area contributed by atoms with Crippen LogP contribution in [0.3, 0.4) is 0 Å². The SMILES string of the molecule is CS(=O)(=O)c1ccc(CNc2ccc(-c3c(N)nc(N)nc3C3CCOCC3)cc2)cc1. The van der Waals surface area contributed by atoms with Gasteiger partial charge >= 0.3 is 0 Å². The fourth-order valence-corrected chi connectivity index (χ4v) is 4.52. The van der Waals surface area contributed by atoms with E-state index in [0.29, 0.717) is 30.5 Å². The summed E-state index contributed by atoms with van der Waals surface area (Å²) < 4.78 is 28.7. The average molecular weight is 454 g/mol. The number of hydrogen-bond acceptors (Lipinski definition) is 8. The summed E-state index contributed by atoms with van der Waals surface area (Å²) in [6.07, 6.45) is 2.95. The van der Waals surface area contributed by atoms with Crippen molar-refractivity contribution in [3.05, 3.63) is 59.8 Å². The lowest BCUT2D eigenvalue weighted by Gasteiger charge is -2.24. The fourth-order valence-electron chi connectivity index (χ4n) is 3.89. The molecule has 0 saturated carbocycles. The summed E-state index contributed by atoms with van der Waals surface area (Å²) in [5, 5.41) is 3.35. The maximum Gasteiger partial charge on any atom is 0.222 e. The highest BCUT2D eigenvalue weighted by atomic mass is 32.2. The van der Waals surface area contributed by atoms with Gasteiger partial charge < -0.3 is 21.5 Å². The summed E-state index contributed by atoms with van der Waals surface area (Å²) in [7, 11) is -3.19. The van der Waals surface area contributed by atoms with Crippen LogP contribution in [0.25, 0.3) is 11.1 Å². The molecule has 1 aliphatic heterocycles. The normalized spacial score (nSPS) is 14.9. The number of aromatic nitrogens is 2. The van der Waals surface area contributed by atoms with E-state index in [-0.39, 0.29) is 11.9 Å². The van der Waals surface area contributed by atoms with Crippen molar-refractivity contribution in [2.75, 3.05) is 36.3 Å². The van der Waals surface area contributed by atoms with Crippen molar-refractivity contribution >= 4 is 27.3 Å². The molecule has 0 unspecified atom stereocenters. The van der Waals surface area contributed by atoms with Crippen molar-refractivity contribution < 1.29 is 13.2 Å². The molecule has 1 aromatic heterocycles. The summed E-state index contributed by atoms with van der Waals surface area (Å²) in [5.41, 5.74) is 16.7.